The Morgan fingerprint density at radius 3 is 0.600 bits per heavy atom. The Bertz CT molecular complexity index is 6.85. The Hall–Kier alpha value is 2.59. The van der Waals surface area contributed by atoms with E-state index in [1.165, 1.54) is 0 Å². The summed E-state index contributed by atoms with van der Waals surface area (Å²) in [6, 6.07) is 0. The minimum absolute atomic E-state index is 0. The van der Waals surface area contributed by atoms with Crippen molar-refractivity contribution in [1.82, 2.24) is 0 Å². The molecule has 0 aromatic heterocycles. The van der Waals surface area contributed by atoms with Gasteiger partial charge in [0.25, 0.3) is 0 Å². The standard InChI is InChI=1S/Ce.3O.Sm/q+3;3*-2;+3. The van der Waals surface area contributed by atoms with E-state index in [0.717, 1.165) is 0 Å². The fourth-order valence-corrected chi connectivity index (χ4v) is 0. The monoisotopic (exact) mass is 340 g/mol. The van der Waals surface area contributed by atoms with Crippen molar-refractivity contribution in [1.29, 1.82) is 0 Å². The largest absolute Gasteiger partial charge is 3.00 e. The first-order valence-corrected chi connectivity index (χ1v) is 0. The molecule has 0 rings (SSSR count). The van der Waals surface area contributed by atoms with Crippen molar-refractivity contribution >= 4 is 0 Å². The summed E-state index contributed by atoms with van der Waals surface area (Å²) in [4.78, 5) is 0. The van der Waals surface area contributed by atoms with Crippen molar-refractivity contribution in [3.8, 4) is 0 Å². The predicted octanol–water partition coefficient (Wildman–Crippen LogP) is -0.356. The maximum absolute atomic E-state index is 0. The van der Waals surface area contributed by atoms with Crippen LogP contribution < -0.4 is 0 Å². The normalized spacial score (nSPS) is 0. The van der Waals surface area contributed by atoms with Crippen LogP contribution in [0.4, 0.5) is 0 Å². The summed E-state index contributed by atoms with van der Waals surface area (Å²) in [5.41, 5.74) is 0. The van der Waals surface area contributed by atoms with E-state index in [9.17, 15) is 0 Å². The van der Waals surface area contributed by atoms with Gasteiger partial charge in [0, 0.05) is 0 Å². The molecule has 0 spiro atoms. The van der Waals surface area contributed by atoms with Crippen molar-refractivity contribution in [3.63, 3.8) is 0 Å². The molecule has 5 heavy (non-hydrogen) atoms. The molecule has 28 valence electrons. The van der Waals surface area contributed by atoms with Gasteiger partial charge in [-0.05, 0) is 0 Å². The van der Waals surface area contributed by atoms with Gasteiger partial charge < -0.3 is 16.4 Å². The van der Waals surface area contributed by atoms with Gasteiger partial charge in [-0.15, -0.1) is 0 Å². The van der Waals surface area contributed by atoms with Gasteiger partial charge in [0.15, 0.2) is 0 Å². The summed E-state index contributed by atoms with van der Waals surface area (Å²) in [5.74, 6) is 0. The molecule has 0 heterocycles. The molecule has 2 radical (unpaired) electrons. The fraction of sp³-hybridized carbons (Fsp3) is 0. The average Bonchev–Trinajstić information content (AvgIpc) is 0. The third kappa shape index (κ3) is 20.7. The number of hydrogen-bond acceptors (Lipinski definition) is 0. The first-order valence-electron chi connectivity index (χ1n) is 0. The molecule has 0 saturated carbocycles. The molecule has 0 unspecified atom stereocenters. The molecule has 0 amide bonds. The molecular weight excluding hydrogens is 338 g/mol. The predicted molar refractivity (Wildman–Crippen MR) is 2.06 cm³/mol. The van der Waals surface area contributed by atoms with Gasteiger partial charge >= 0.3 is 82.1 Å². The van der Waals surface area contributed by atoms with E-state index in [0.29, 0.717) is 0 Å². The van der Waals surface area contributed by atoms with Crippen molar-refractivity contribution in [2.24, 2.45) is 0 Å². The Morgan fingerprint density at radius 2 is 0.600 bits per heavy atom. The second-order valence-electron chi connectivity index (χ2n) is 0. The van der Waals surface area contributed by atoms with Crippen LogP contribution in [-0.2, 0) is 16.4 Å². The summed E-state index contributed by atoms with van der Waals surface area (Å²) < 4.78 is 0. The van der Waals surface area contributed by atoms with E-state index in [-0.39, 0.29) is 98.6 Å². The maximum atomic E-state index is 0. The Labute approximate surface area is 96.3 Å². The van der Waals surface area contributed by atoms with Crippen LogP contribution >= 0.6 is 0 Å². The zero-order chi connectivity index (χ0) is 0. The zero-order valence-corrected chi connectivity index (χ0v) is 7.89. The topological polar surface area (TPSA) is 85.5 Å². The van der Waals surface area contributed by atoms with E-state index in [1.807, 2.05) is 0 Å². The second-order valence-corrected chi connectivity index (χ2v) is 0. The third-order valence-corrected chi connectivity index (χ3v) is 0. The fourth-order valence-electron chi connectivity index (χ4n) is 0. The maximum Gasteiger partial charge on any atom is 3.00 e. The summed E-state index contributed by atoms with van der Waals surface area (Å²) >= 11 is 0. The molecule has 3 nitrogen and oxygen atoms in total. The molecule has 0 aromatic carbocycles. The van der Waals surface area contributed by atoms with Gasteiger partial charge in [-0.2, -0.15) is 0 Å². The van der Waals surface area contributed by atoms with Crippen LogP contribution in [0.3, 0.4) is 0 Å². The van der Waals surface area contributed by atoms with E-state index in [2.05, 4.69) is 0 Å². The van der Waals surface area contributed by atoms with E-state index in [4.69, 9.17) is 0 Å². The smallest absolute Gasteiger partial charge is 2.00 e. The summed E-state index contributed by atoms with van der Waals surface area (Å²) in [5, 5.41) is 0. The molecule has 0 bridgehead atoms. The van der Waals surface area contributed by atoms with Crippen LogP contribution in [0.5, 0.6) is 0 Å². The summed E-state index contributed by atoms with van der Waals surface area (Å²) in [7, 11) is 0. The van der Waals surface area contributed by atoms with Crippen molar-refractivity contribution in [3.05, 3.63) is 0 Å². The zero-order valence-electron chi connectivity index (χ0n) is 2.13. The molecule has 0 aromatic rings. The molecule has 0 aliphatic heterocycles. The first-order chi connectivity index (χ1) is 0. The van der Waals surface area contributed by atoms with Crippen LogP contribution in [0.1, 0.15) is 0 Å². The van der Waals surface area contributed by atoms with Crippen LogP contribution in [0, 0.1) is 82.1 Å². The van der Waals surface area contributed by atoms with Crippen LogP contribution in [-0.4, -0.2) is 0 Å². The van der Waals surface area contributed by atoms with Crippen molar-refractivity contribution in [2.45, 2.75) is 0 Å². The second kappa shape index (κ2) is 30.7. The quantitative estimate of drug-likeness (QED) is 0.578. The minimum Gasteiger partial charge on any atom is -2.00 e. The summed E-state index contributed by atoms with van der Waals surface area (Å²) in [6.45, 7) is 0. The molecule has 0 N–H and O–H groups in total. The Balaban J connectivity index is 0. The molecule has 0 atom stereocenters. The molecule has 0 fully saturated rings. The number of hydrogen-bond donors (Lipinski definition) is 0. The van der Waals surface area contributed by atoms with E-state index >= 15 is 0 Å². The van der Waals surface area contributed by atoms with Gasteiger partial charge in [0.1, 0.15) is 0 Å². The summed E-state index contributed by atoms with van der Waals surface area (Å²) in [6.07, 6.45) is 0. The number of rotatable bonds is 0. The van der Waals surface area contributed by atoms with Gasteiger partial charge in [-0.1, -0.05) is 0 Å². The van der Waals surface area contributed by atoms with Gasteiger partial charge in [0.05, 0.1) is 0 Å². The Morgan fingerprint density at radius 1 is 0.600 bits per heavy atom. The van der Waals surface area contributed by atoms with Crippen molar-refractivity contribution in [2.75, 3.05) is 0 Å². The minimum atomic E-state index is 0. The molecular formula is CeO3Sm. The molecule has 5 heteroatoms. The molecule has 0 aliphatic carbocycles. The van der Waals surface area contributed by atoms with Crippen LogP contribution in [0.2, 0.25) is 0 Å². The van der Waals surface area contributed by atoms with Crippen molar-refractivity contribution < 1.29 is 98.6 Å². The third-order valence-electron chi connectivity index (χ3n) is 0. The van der Waals surface area contributed by atoms with E-state index < -0.39 is 0 Å². The molecule has 0 aliphatic rings. The van der Waals surface area contributed by atoms with Crippen LogP contribution in [0.25, 0.3) is 0 Å². The van der Waals surface area contributed by atoms with Gasteiger partial charge in [-0.3, -0.25) is 0 Å². The van der Waals surface area contributed by atoms with Gasteiger partial charge in [-0.25, -0.2) is 0 Å². The Kier molecular flexibility index (Phi) is 301. The van der Waals surface area contributed by atoms with E-state index in [1.54, 1.807) is 0 Å². The van der Waals surface area contributed by atoms with Crippen LogP contribution in [0.15, 0.2) is 0 Å². The first kappa shape index (κ1) is 49.1. The average molecular weight is 338 g/mol. The van der Waals surface area contributed by atoms with Gasteiger partial charge in [0.2, 0.25) is 0 Å². The molecule has 0 saturated heterocycles. The SMILES string of the molecule is [Ce+3].[O-2].[O-2].[O-2].[Sm+3].